The molecule has 1 aromatic heterocycles. The summed E-state index contributed by atoms with van der Waals surface area (Å²) in [5, 5.41) is 2.59. The van der Waals surface area contributed by atoms with E-state index >= 15 is 0 Å². The van der Waals surface area contributed by atoms with Crippen molar-refractivity contribution >= 4 is 39.5 Å². The van der Waals surface area contributed by atoms with Crippen LogP contribution in [0.5, 0.6) is 0 Å². The van der Waals surface area contributed by atoms with Crippen LogP contribution >= 0.6 is 0 Å². The van der Waals surface area contributed by atoms with Gasteiger partial charge >= 0.3 is 0 Å². The lowest BCUT2D eigenvalue weighted by Gasteiger charge is -2.23. The Hall–Kier alpha value is -2.99. The van der Waals surface area contributed by atoms with Gasteiger partial charge in [-0.25, -0.2) is 8.42 Å². The first-order valence-electron chi connectivity index (χ1n) is 10.1. The summed E-state index contributed by atoms with van der Waals surface area (Å²) < 4.78 is 25.3. The molecule has 0 atom stereocenters. The molecule has 0 aliphatic heterocycles. The van der Waals surface area contributed by atoms with E-state index in [1.165, 1.54) is 31.2 Å². The third kappa shape index (κ3) is 6.49. The van der Waals surface area contributed by atoms with E-state index in [0.29, 0.717) is 43.8 Å². The molecule has 0 bridgehead atoms. The normalized spacial score (nSPS) is 11.1. The van der Waals surface area contributed by atoms with Gasteiger partial charge in [0.25, 0.3) is 10.0 Å². The molecule has 170 valence electrons. The fourth-order valence-corrected chi connectivity index (χ4v) is 3.64. The summed E-state index contributed by atoms with van der Waals surface area (Å²) in [7, 11) is -3.89. The van der Waals surface area contributed by atoms with Crippen molar-refractivity contribution in [1.29, 1.82) is 0 Å². The van der Waals surface area contributed by atoms with Gasteiger partial charge in [0.2, 0.25) is 23.8 Å². The summed E-state index contributed by atoms with van der Waals surface area (Å²) in [5.74, 6) is 0.780. The lowest BCUT2D eigenvalue weighted by atomic mass is 10.3. The van der Waals surface area contributed by atoms with Crippen molar-refractivity contribution in [2.24, 2.45) is 0 Å². The maximum atomic E-state index is 12.6. The quantitative estimate of drug-likeness (QED) is 0.439. The number of nitrogens with one attached hydrogen (secondary N) is 3. The van der Waals surface area contributed by atoms with E-state index in [1.807, 2.05) is 37.5 Å². The Bertz CT molecular complexity index is 944. The van der Waals surface area contributed by atoms with E-state index < -0.39 is 10.0 Å². The summed E-state index contributed by atoms with van der Waals surface area (Å²) in [6.45, 7) is 12.1. The zero-order chi connectivity index (χ0) is 23.0. The number of hydrogen-bond donors (Lipinski definition) is 3. The zero-order valence-corrected chi connectivity index (χ0v) is 19.3. The maximum absolute atomic E-state index is 12.6. The van der Waals surface area contributed by atoms with Crippen LogP contribution in [0, 0.1) is 0 Å². The number of aromatic nitrogens is 3. The predicted octanol–water partition coefficient (Wildman–Crippen LogP) is 1.83. The highest BCUT2D eigenvalue weighted by molar-refractivity contribution is 7.89. The second kappa shape index (κ2) is 10.9. The molecule has 1 aromatic carbocycles. The number of sulfonamides is 1. The lowest BCUT2D eigenvalue weighted by molar-refractivity contribution is -0.114. The van der Waals surface area contributed by atoms with Crippen LogP contribution in [0.4, 0.5) is 23.5 Å². The number of hydrogen-bond acceptors (Lipinski definition) is 9. The summed E-state index contributed by atoms with van der Waals surface area (Å²) in [4.78, 5) is 30.6. The number of anilines is 4. The molecule has 0 spiro atoms. The molecule has 31 heavy (non-hydrogen) atoms. The van der Waals surface area contributed by atoms with Crippen molar-refractivity contribution in [2.45, 2.75) is 39.5 Å². The number of rotatable bonds is 11. The molecule has 12 heteroatoms. The van der Waals surface area contributed by atoms with Gasteiger partial charge in [-0.1, -0.05) is 0 Å². The minimum atomic E-state index is -3.89. The Morgan fingerprint density at radius 2 is 1.35 bits per heavy atom. The number of amides is 1. The van der Waals surface area contributed by atoms with Crippen LogP contribution in [0.1, 0.15) is 34.6 Å². The number of carbonyl (C=O) groups excluding carboxylic acids is 1. The highest BCUT2D eigenvalue weighted by Gasteiger charge is 2.18. The van der Waals surface area contributed by atoms with E-state index in [0.717, 1.165) is 0 Å². The van der Waals surface area contributed by atoms with Crippen LogP contribution in [-0.2, 0) is 14.8 Å². The van der Waals surface area contributed by atoms with Gasteiger partial charge in [-0.05, 0) is 52.0 Å². The Balaban J connectivity index is 2.26. The molecule has 0 saturated carbocycles. The molecular weight excluding hydrogens is 420 g/mol. The standard InChI is InChI=1S/C19H30N8O3S/c1-6-26(7-2)18-21-17(22-19(23-18)27(8-3)9-4)24-25-31(29,30)16-12-10-15(11-13-16)20-14(5)28/h10-13,25H,6-9H2,1-5H3,(H,20,28)(H,21,22,23,24). The van der Waals surface area contributed by atoms with Crippen LogP contribution in [0.25, 0.3) is 0 Å². The molecule has 2 aromatic rings. The monoisotopic (exact) mass is 450 g/mol. The van der Waals surface area contributed by atoms with E-state index in [4.69, 9.17) is 0 Å². The highest BCUT2D eigenvalue weighted by Crippen LogP contribution is 2.17. The third-order valence-corrected chi connectivity index (χ3v) is 5.75. The largest absolute Gasteiger partial charge is 0.341 e. The van der Waals surface area contributed by atoms with Crippen molar-refractivity contribution in [1.82, 2.24) is 19.8 Å². The third-order valence-electron chi connectivity index (χ3n) is 4.49. The van der Waals surface area contributed by atoms with Gasteiger partial charge in [0.05, 0.1) is 4.90 Å². The van der Waals surface area contributed by atoms with Gasteiger partial charge in [-0.2, -0.15) is 15.0 Å². The van der Waals surface area contributed by atoms with E-state index in [9.17, 15) is 13.2 Å². The van der Waals surface area contributed by atoms with E-state index in [1.54, 1.807) is 0 Å². The molecule has 1 amide bonds. The fraction of sp³-hybridized carbons (Fsp3) is 0.474. The topological polar surface area (TPSA) is 132 Å². The van der Waals surface area contributed by atoms with Crippen molar-refractivity contribution in [3.63, 3.8) is 0 Å². The second-order valence-corrected chi connectivity index (χ2v) is 8.22. The average molecular weight is 451 g/mol. The maximum Gasteiger partial charge on any atom is 0.257 e. The van der Waals surface area contributed by atoms with Crippen molar-refractivity contribution in [2.75, 3.05) is 46.7 Å². The Labute approximate surface area is 183 Å². The van der Waals surface area contributed by atoms with Gasteiger partial charge < -0.3 is 15.1 Å². The molecule has 1 heterocycles. The number of hydrazine groups is 1. The minimum Gasteiger partial charge on any atom is -0.341 e. The molecule has 0 aliphatic rings. The molecule has 2 rings (SSSR count). The summed E-state index contributed by atoms with van der Waals surface area (Å²) >= 11 is 0. The van der Waals surface area contributed by atoms with Crippen molar-refractivity contribution < 1.29 is 13.2 Å². The number of carbonyl (C=O) groups is 1. The molecular formula is C19H30N8O3S. The molecule has 0 aliphatic carbocycles. The van der Waals surface area contributed by atoms with E-state index in [2.05, 4.69) is 30.5 Å². The van der Waals surface area contributed by atoms with Gasteiger partial charge in [0, 0.05) is 38.8 Å². The van der Waals surface area contributed by atoms with Gasteiger partial charge in [-0.15, -0.1) is 4.83 Å². The number of nitrogens with zero attached hydrogens (tertiary/aromatic N) is 5. The molecule has 0 saturated heterocycles. The Kier molecular flexibility index (Phi) is 8.51. The first kappa shape index (κ1) is 24.3. The van der Waals surface area contributed by atoms with E-state index in [-0.39, 0.29) is 16.8 Å². The van der Waals surface area contributed by atoms with Crippen molar-refractivity contribution in [3.05, 3.63) is 24.3 Å². The summed E-state index contributed by atoms with van der Waals surface area (Å²) in [6.07, 6.45) is 0. The van der Waals surface area contributed by atoms with Gasteiger partial charge in [0.1, 0.15) is 0 Å². The average Bonchev–Trinajstić information content (AvgIpc) is 2.74. The molecule has 0 unspecified atom stereocenters. The smallest absolute Gasteiger partial charge is 0.257 e. The van der Waals surface area contributed by atoms with Crippen LogP contribution in [-0.4, -0.2) is 55.5 Å². The lowest BCUT2D eigenvalue weighted by Crippen LogP contribution is -2.33. The fourth-order valence-electron chi connectivity index (χ4n) is 2.80. The summed E-state index contributed by atoms with van der Waals surface area (Å²) in [6, 6.07) is 5.81. The summed E-state index contributed by atoms with van der Waals surface area (Å²) in [5.41, 5.74) is 3.10. The molecule has 11 nitrogen and oxygen atoms in total. The van der Waals surface area contributed by atoms with Gasteiger partial charge in [-0.3, -0.25) is 10.2 Å². The van der Waals surface area contributed by atoms with Crippen LogP contribution < -0.4 is 25.4 Å². The Morgan fingerprint density at radius 1 is 0.871 bits per heavy atom. The highest BCUT2D eigenvalue weighted by atomic mass is 32.2. The zero-order valence-electron chi connectivity index (χ0n) is 18.5. The first-order chi connectivity index (χ1) is 14.7. The molecule has 0 fully saturated rings. The first-order valence-corrected chi connectivity index (χ1v) is 11.6. The SMILES string of the molecule is CCN(CC)c1nc(NNS(=O)(=O)c2ccc(NC(C)=O)cc2)nc(N(CC)CC)n1. The van der Waals surface area contributed by atoms with Crippen LogP contribution in [0.15, 0.2) is 29.2 Å². The molecule has 0 radical (unpaired) electrons. The second-order valence-electron chi connectivity index (χ2n) is 6.54. The van der Waals surface area contributed by atoms with Gasteiger partial charge in [0.15, 0.2) is 0 Å². The Morgan fingerprint density at radius 3 is 1.77 bits per heavy atom. The minimum absolute atomic E-state index is 0.0242. The van der Waals surface area contributed by atoms with Crippen molar-refractivity contribution in [3.8, 4) is 0 Å². The van der Waals surface area contributed by atoms with Crippen LogP contribution in [0.3, 0.4) is 0 Å². The van der Waals surface area contributed by atoms with Crippen LogP contribution in [0.2, 0.25) is 0 Å². The number of benzene rings is 1. The molecule has 3 N–H and O–H groups in total. The predicted molar refractivity (Wildman–Crippen MR) is 122 cm³/mol.